The van der Waals surface area contributed by atoms with Crippen LogP contribution in [0.5, 0.6) is 5.75 Å². The first kappa shape index (κ1) is 75.5. The summed E-state index contributed by atoms with van der Waals surface area (Å²) < 4.78 is 35.3. The molecule has 26 heteroatoms. The van der Waals surface area contributed by atoms with Gasteiger partial charge in [-0.05, 0) is 116 Å². The number of halogens is 1. The van der Waals surface area contributed by atoms with Gasteiger partial charge < -0.3 is 75.2 Å². The molecule has 94 heavy (non-hydrogen) atoms. The molecular formula is C68H91ClN8O15S2. The molecule has 6 amide bonds. The number of primary amides is 1. The minimum absolute atomic E-state index is 0.00846. The molecule has 3 aromatic rings. The molecule has 0 saturated carbocycles. The first-order valence-electron chi connectivity index (χ1n) is 31.4. The van der Waals surface area contributed by atoms with E-state index in [1.807, 2.05) is 51.1 Å². The van der Waals surface area contributed by atoms with E-state index in [4.69, 9.17) is 70.2 Å². The van der Waals surface area contributed by atoms with Crippen LogP contribution in [-0.4, -0.2) is 176 Å². The van der Waals surface area contributed by atoms with Crippen molar-refractivity contribution in [1.29, 1.82) is 0 Å². The molecule has 512 valence electrons. The van der Waals surface area contributed by atoms with Gasteiger partial charge in [0.25, 0.3) is 0 Å². The molecule has 4 bridgehead atoms. The number of epoxide rings is 1. The van der Waals surface area contributed by atoms with Gasteiger partial charge in [-0.15, -0.1) is 0 Å². The van der Waals surface area contributed by atoms with Gasteiger partial charge in [-0.3, -0.25) is 24.0 Å². The number of hydrogen-bond acceptors (Lipinski definition) is 17. The number of methoxy groups -OCH3 is 2. The number of nitrogens with zero attached hydrogens (tertiary/aromatic N) is 3. The number of ketones is 1. The molecule has 2 fully saturated rings. The first-order chi connectivity index (χ1) is 44.4. The molecule has 0 unspecified atom stereocenters. The Bertz CT molecular complexity index is 3320. The van der Waals surface area contributed by atoms with Crippen molar-refractivity contribution in [3.05, 3.63) is 112 Å². The second-order valence-electron chi connectivity index (χ2n) is 25.1. The van der Waals surface area contributed by atoms with Crippen LogP contribution in [0.1, 0.15) is 109 Å². The van der Waals surface area contributed by atoms with Gasteiger partial charge in [0.2, 0.25) is 17.7 Å². The molecule has 23 nitrogen and oxygen atoms in total. The minimum atomic E-state index is -1.65. The Balaban J connectivity index is 1.05. The van der Waals surface area contributed by atoms with E-state index in [2.05, 4.69) is 21.3 Å². The van der Waals surface area contributed by atoms with E-state index in [9.17, 15) is 43.5 Å². The lowest BCUT2D eigenvalue weighted by molar-refractivity contribution is -0.187. The number of urea groups is 1. The average molecular weight is 1360 g/mol. The maximum atomic E-state index is 14.5. The number of rotatable bonds is 25. The summed E-state index contributed by atoms with van der Waals surface area (Å²) >= 11 is 17.8. The Morgan fingerprint density at radius 3 is 2.27 bits per heavy atom. The Kier molecular flexibility index (Phi) is 27.5. The number of benzene rings is 3. The smallest absolute Gasteiger partial charge is 0.409 e. The molecule has 0 aliphatic carbocycles. The first-order valence-corrected chi connectivity index (χ1v) is 32.6. The fraction of sp³-hybridized carbons (Fsp3) is 0.529. The predicted molar refractivity (Wildman–Crippen MR) is 364 cm³/mol. The van der Waals surface area contributed by atoms with E-state index < -0.39 is 102 Å². The molecule has 3 aliphatic heterocycles. The molecule has 6 rings (SSSR count). The zero-order valence-electron chi connectivity index (χ0n) is 55.7. The topological polar surface area (TPSA) is 299 Å². The van der Waals surface area contributed by atoms with Crippen molar-refractivity contribution in [2.45, 2.75) is 160 Å². The molecule has 0 radical (unpaired) electrons. The van der Waals surface area contributed by atoms with Crippen molar-refractivity contribution in [3.63, 3.8) is 0 Å². The van der Waals surface area contributed by atoms with E-state index in [-0.39, 0.29) is 74.4 Å². The molecule has 3 aromatic carbocycles. The fourth-order valence-electron chi connectivity index (χ4n) is 11.5. The molecule has 10 atom stereocenters. The number of carbonyl (C=O) groups excluding carboxylic acids is 8. The van der Waals surface area contributed by atoms with Crippen LogP contribution in [-0.2, 0) is 78.3 Å². The molecular weight excluding hydrogens is 1270 g/mol. The van der Waals surface area contributed by atoms with Gasteiger partial charge in [0.05, 0.1) is 37.8 Å². The van der Waals surface area contributed by atoms with Gasteiger partial charge in [-0.1, -0.05) is 105 Å². The third-order valence-electron chi connectivity index (χ3n) is 17.6. The Morgan fingerprint density at radius 1 is 0.968 bits per heavy atom. The number of ether oxygens (including phenoxy) is 6. The monoisotopic (exact) mass is 1360 g/mol. The van der Waals surface area contributed by atoms with Gasteiger partial charge in [0, 0.05) is 91.6 Å². The molecule has 2 saturated heterocycles. The van der Waals surface area contributed by atoms with Crippen LogP contribution >= 0.6 is 36.0 Å². The van der Waals surface area contributed by atoms with E-state index in [0.29, 0.717) is 58.2 Å². The number of aliphatic hydroxyl groups is 1. The SMILES string of the molecule is CNC(=S)Nc1ccc(CC(=S)C[C@H](C(=O)N[C@@H](CCCNC(N)=O)C(=O)Cc2ccc(COC(=O)N(C)CCC(=O)N(C)[C@@H](C)C(=O)O[C@H]3CC(=O)N(C)c4cc(cc(OC)c4Cl)C/C(C)=C/C=C/[C@@H](OC)[C@]4(O)CC(=O)O[C@@H](C4)[C@@H](C)[C@@H]4O[C@@]34C)cc2)C(C)C)cc1. The highest BCUT2D eigenvalue weighted by Gasteiger charge is 2.64. The molecule has 0 spiro atoms. The number of amides is 6. The zero-order valence-corrected chi connectivity index (χ0v) is 58.1. The van der Waals surface area contributed by atoms with Crippen LogP contribution in [0.4, 0.5) is 21.0 Å². The lowest BCUT2D eigenvalue weighted by Crippen LogP contribution is -2.53. The minimum Gasteiger partial charge on any atom is -0.495 e. The number of nitrogens with one attached hydrogen (secondary N) is 4. The van der Waals surface area contributed by atoms with Crippen LogP contribution in [0.2, 0.25) is 5.02 Å². The summed E-state index contributed by atoms with van der Waals surface area (Å²) in [5, 5.41) is 24.1. The highest BCUT2D eigenvalue weighted by atomic mass is 35.5. The van der Waals surface area contributed by atoms with Crippen molar-refractivity contribution < 1.29 is 71.9 Å². The van der Waals surface area contributed by atoms with Crippen molar-refractivity contribution in [1.82, 2.24) is 25.8 Å². The summed E-state index contributed by atoms with van der Waals surface area (Å²) in [6.45, 7) is 10.7. The highest BCUT2D eigenvalue weighted by Crippen LogP contribution is 2.50. The van der Waals surface area contributed by atoms with Crippen LogP contribution < -0.4 is 36.6 Å². The number of nitrogens with two attached hydrogens (primary N) is 1. The number of carbonyl (C=O) groups is 8. The van der Waals surface area contributed by atoms with Crippen LogP contribution in [0.25, 0.3) is 0 Å². The average Bonchev–Trinajstić information content (AvgIpc) is 1.57. The fourth-order valence-corrected chi connectivity index (χ4v) is 12.3. The normalized spacial score (nSPS) is 23.1. The van der Waals surface area contributed by atoms with Crippen molar-refractivity contribution >= 4 is 105 Å². The largest absolute Gasteiger partial charge is 0.495 e. The number of hydrogen-bond donors (Lipinski definition) is 6. The van der Waals surface area contributed by atoms with Crippen LogP contribution in [0.3, 0.4) is 0 Å². The van der Waals surface area contributed by atoms with E-state index in [1.165, 1.54) is 49.9 Å². The van der Waals surface area contributed by atoms with Gasteiger partial charge in [0.1, 0.15) is 52.9 Å². The summed E-state index contributed by atoms with van der Waals surface area (Å²) in [6, 6.07) is 15.3. The molecule has 7 N–H and O–H groups in total. The summed E-state index contributed by atoms with van der Waals surface area (Å²) in [5.74, 6) is -3.95. The number of esters is 2. The second-order valence-corrected chi connectivity index (χ2v) is 26.4. The summed E-state index contributed by atoms with van der Waals surface area (Å²) in [5.41, 5.74) is 7.35. The third kappa shape index (κ3) is 20.7. The van der Waals surface area contributed by atoms with Gasteiger partial charge in [0.15, 0.2) is 10.9 Å². The molecule has 0 aromatic heterocycles. The predicted octanol–water partition coefficient (Wildman–Crippen LogP) is 7.66. The van der Waals surface area contributed by atoms with Crippen LogP contribution in [0.15, 0.2) is 84.5 Å². The Labute approximate surface area is 566 Å². The Morgan fingerprint density at radius 2 is 1.63 bits per heavy atom. The van der Waals surface area contributed by atoms with Gasteiger partial charge >= 0.3 is 24.1 Å². The summed E-state index contributed by atoms with van der Waals surface area (Å²) in [4.78, 5) is 113. The maximum absolute atomic E-state index is 14.5. The van der Waals surface area contributed by atoms with Crippen molar-refractivity contribution in [3.8, 4) is 5.75 Å². The maximum Gasteiger partial charge on any atom is 0.409 e. The highest BCUT2D eigenvalue weighted by molar-refractivity contribution is 7.80. The third-order valence-corrected chi connectivity index (χ3v) is 18.6. The zero-order chi connectivity index (χ0) is 69.4. The molecule has 3 heterocycles. The number of anilines is 2. The van der Waals surface area contributed by atoms with Crippen molar-refractivity contribution in [2.75, 3.05) is 65.7 Å². The number of likely N-dealkylation sites (N-methyl/N-ethyl adjacent to an activating group) is 1. The van der Waals surface area contributed by atoms with Gasteiger partial charge in [-0.25, -0.2) is 14.4 Å². The number of allylic oxidation sites excluding steroid dienone is 3. The van der Waals surface area contributed by atoms with Crippen molar-refractivity contribution in [2.24, 2.45) is 23.5 Å². The van der Waals surface area contributed by atoms with Gasteiger partial charge in [-0.2, -0.15) is 0 Å². The lowest BCUT2D eigenvalue weighted by atomic mass is 9.78. The standard InChI is InChI=1S/C68H91ClN8O15S2/c1-39(2)49(34-48(93)30-43-22-24-47(25-23-43)73-65(94)71-7)62(82)74-50(16-14-27-72-64(70)84)52(78)32-44-18-20-45(21-19-44)38-89-66(85)75(8)28-26-57(79)76(9)42(5)63(83)91-56-35-58(80)77(10)51-31-46(33-53(87-11)60(51)69)29-40(3)15-13-17-55(88-12)68(86)36-54(90-59(81)37-68)41(4)61-67(56,6)92-61/h13,15,17-25,31,33,39,41-42,49-50,54-56,61,86H,14,16,26-30,32,34-38H2,1-12H3,(H,74,82)(H3,70,72,84)(H2,71,73,94)/b17-13+,40-15+/t41-,42+,49+,50+,54+,55-,56+,61+,67+,68-/m1/s1. The quantitative estimate of drug-likeness (QED) is 0.0156. The van der Waals surface area contributed by atoms with Crippen LogP contribution in [0, 0.1) is 17.8 Å². The molecule has 3 aliphatic rings. The summed E-state index contributed by atoms with van der Waals surface area (Å²) in [7, 11) is 9.06. The number of thiocarbonyl (C=S) groups is 2. The number of Topliss-reactive ketones (excluding diaryl/α,β-unsaturated/α-hetero) is 1. The van der Waals surface area contributed by atoms with E-state index >= 15 is 0 Å². The summed E-state index contributed by atoms with van der Waals surface area (Å²) in [6.07, 6.45) is 1.64. The second kappa shape index (κ2) is 34.2. The lowest BCUT2D eigenvalue weighted by Gasteiger charge is -2.41. The Hall–Kier alpha value is -7.55. The number of fused-ring (bicyclic) bond motifs is 5. The van der Waals surface area contributed by atoms with E-state index in [1.54, 1.807) is 76.5 Å². The van der Waals surface area contributed by atoms with E-state index in [0.717, 1.165) is 22.4 Å².